The highest BCUT2D eigenvalue weighted by Crippen LogP contribution is 2.41. The first-order chi connectivity index (χ1) is 16.0. The van der Waals surface area contributed by atoms with Crippen molar-refractivity contribution < 1.29 is 23.4 Å². The summed E-state index contributed by atoms with van der Waals surface area (Å²) in [6.45, 7) is 0.544. The van der Waals surface area contributed by atoms with Crippen molar-refractivity contribution >= 4 is 12.0 Å². The van der Waals surface area contributed by atoms with E-state index in [1.807, 2.05) is 47.4 Å². The number of carbonyl (C=O) groups excluding carboxylic acids is 1. The van der Waals surface area contributed by atoms with Gasteiger partial charge >= 0.3 is 0 Å². The summed E-state index contributed by atoms with van der Waals surface area (Å²) in [5, 5.41) is 0. The Labute approximate surface area is 193 Å². The van der Waals surface area contributed by atoms with E-state index in [1.54, 1.807) is 32.4 Å². The number of nitrogens with zero attached hydrogens (tertiary/aromatic N) is 1. The summed E-state index contributed by atoms with van der Waals surface area (Å²) in [5.41, 5.74) is 3.71. The molecule has 3 aromatic carbocycles. The third-order valence-electron chi connectivity index (χ3n) is 5.87. The predicted octanol–water partition coefficient (Wildman–Crippen LogP) is 5.04. The first kappa shape index (κ1) is 22.4. The fraction of sp³-hybridized carbons (Fsp3) is 0.222. The van der Waals surface area contributed by atoms with Gasteiger partial charge in [0.25, 0.3) is 0 Å². The molecule has 1 amide bonds. The van der Waals surface area contributed by atoms with Crippen LogP contribution in [0.3, 0.4) is 0 Å². The quantitative estimate of drug-likeness (QED) is 0.497. The molecule has 1 unspecified atom stereocenters. The molecular formula is C27H26FNO4. The number of fused-ring (bicyclic) bond motifs is 1. The monoisotopic (exact) mass is 447 g/mol. The van der Waals surface area contributed by atoms with Crippen LogP contribution >= 0.6 is 0 Å². The lowest BCUT2D eigenvalue weighted by Crippen LogP contribution is -2.39. The summed E-state index contributed by atoms with van der Waals surface area (Å²) in [6.07, 6.45) is 3.80. The SMILES string of the molecule is COc1ccc(/C=C/C(=O)N2CCc3cc(OC)c(OC)cc3C2c2ccccc2)cc1F. The maximum absolute atomic E-state index is 14.0. The molecule has 170 valence electrons. The summed E-state index contributed by atoms with van der Waals surface area (Å²) in [6, 6.07) is 18.2. The summed E-state index contributed by atoms with van der Waals surface area (Å²) in [4.78, 5) is 15.1. The summed E-state index contributed by atoms with van der Waals surface area (Å²) in [5.74, 6) is 0.836. The fourth-order valence-electron chi connectivity index (χ4n) is 4.23. The van der Waals surface area contributed by atoms with Crippen LogP contribution in [0.15, 0.2) is 66.7 Å². The van der Waals surface area contributed by atoms with Crippen LogP contribution in [0.2, 0.25) is 0 Å². The second-order valence-electron chi connectivity index (χ2n) is 7.73. The number of methoxy groups -OCH3 is 3. The number of halogens is 1. The molecule has 1 aliphatic rings. The first-order valence-electron chi connectivity index (χ1n) is 10.7. The van der Waals surface area contributed by atoms with Crippen molar-refractivity contribution in [3.63, 3.8) is 0 Å². The van der Waals surface area contributed by atoms with Crippen LogP contribution in [0.25, 0.3) is 6.08 Å². The maximum Gasteiger partial charge on any atom is 0.247 e. The molecule has 0 bridgehead atoms. The average Bonchev–Trinajstić information content (AvgIpc) is 2.86. The predicted molar refractivity (Wildman–Crippen MR) is 125 cm³/mol. The number of ether oxygens (including phenoxy) is 3. The van der Waals surface area contributed by atoms with Crippen molar-refractivity contribution in [2.75, 3.05) is 27.9 Å². The van der Waals surface area contributed by atoms with Crippen molar-refractivity contribution in [2.45, 2.75) is 12.5 Å². The third kappa shape index (κ3) is 4.55. The molecule has 1 heterocycles. The topological polar surface area (TPSA) is 48.0 Å². The van der Waals surface area contributed by atoms with Crippen molar-refractivity contribution in [3.8, 4) is 17.2 Å². The zero-order chi connectivity index (χ0) is 23.4. The molecule has 0 fully saturated rings. The van der Waals surface area contributed by atoms with Crippen molar-refractivity contribution in [1.29, 1.82) is 0 Å². The van der Waals surface area contributed by atoms with Gasteiger partial charge in [0.15, 0.2) is 23.1 Å². The summed E-state index contributed by atoms with van der Waals surface area (Å²) < 4.78 is 30.0. The first-order valence-corrected chi connectivity index (χ1v) is 10.7. The third-order valence-corrected chi connectivity index (χ3v) is 5.87. The van der Waals surface area contributed by atoms with E-state index in [2.05, 4.69) is 0 Å². The van der Waals surface area contributed by atoms with E-state index < -0.39 is 5.82 Å². The molecule has 0 N–H and O–H groups in total. The van der Waals surface area contributed by atoms with Crippen molar-refractivity contribution in [3.05, 3.63) is 94.8 Å². The molecule has 0 aliphatic carbocycles. The number of hydrogen-bond acceptors (Lipinski definition) is 4. The molecule has 0 aromatic heterocycles. The van der Waals surface area contributed by atoms with E-state index >= 15 is 0 Å². The van der Waals surface area contributed by atoms with E-state index in [4.69, 9.17) is 14.2 Å². The van der Waals surface area contributed by atoms with Crippen molar-refractivity contribution in [1.82, 2.24) is 4.90 Å². The zero-order valence-corrected chi connectivity index (χ0v) is 18.9. The average molecular weight is 448 g/mol. The molecule has 0 spiro atoms. The van der Waals surface area contributed by atoms with E-state index in [0.717, 1.165) is 16.7 Å². The van der Waals surface area contributed by atoms with Crippen molar-refractivity contribution in [2.24, 2.45) is 0 Å². The van der Waals surface area contributed by atoms with Crippen LogP contribution in [-0.2, 0) is 11.2 Å². The molecule has 5 nitrogen and oxygen atoms in total. The van der Waals surface area contributed by atoms with Gasteiger partial charge in [-0.3, -0.25) is 4.79 Å². The molecule has 3 aromatic rings. The number of rotatable bonds is 6. The van der Waals surface area contributed by atoms with Crippen LogP contribution in [-0.4, -0.2) is 38.7 Å². The molecule has 6 heteroatoms. The Balaban J connectivity index is 1.70. The van der Waals surface area contributed by atoms with Crippen LogP contribution in [0, 0.1) is 5.82 Å². The van der Waals surface area contributed by atoms with E-state index in [1.165, 1.54) is 19.3 Å². The van der Waals surface area contributed by atoms with Gasteiger partial charge in [-0.2, -0.15) is 0 Å². The van der Waals surface area contributed by atoms with Crippen LogP contribution in [0.5, 0.6) is 17.2 Å². The number of hydrogen-bond donors (Lipinski definition) is 0. The highest BCUT2D eigenvalue weighted by atomic mass is 19.1. The van der Waals surface area contributed by atoms with E-state index in [-0.39, 0.29) is 17.7 Å². The Morgan fingerprint density at radius 1 is 0.939 bits per heavy atom. The minimum atomic E-state index is -0.470. The molecular weight excluding hydrogens is 421 g/mol. The molecule has 1 aliphatic heterocycles. The largest absolute Gasteiger partial charge is 0.494 e. The highest BCUT2D eigenvalue weighted by molar-refractivity contribution is 5.92. The van der Waals surface area contributed by atoms with E-state index in [0.29, 0.717) is 30.0 Å². The molecule has 0 saturated carbocycles. The Kier molecular flexibility index (Phi) is 6.63. The summed E-state index contributed by atoms with van der Waals surface area (Å²) >= 11 is 0. The van der Waals surface area contributed by atoms with Gasteiger partial charge in [-0.25, -0.2) is 4.39 Å². The molecule has 0 radical (unpaired) electrons. The molecule has 0 saturated heterocycles. The van der Waals surface area contributed by atoms with E-state index in [9.17, 15) is 9.18 Å². The highest BCUT2D eigenvalue weighted by Gasteiger charge is 2.32. The van der Waals surface area contributed by atoms with Gasteiger partial charge in [-0.15, -0.1) is 0 Å². The van der Waals surface area contributed by atoms with Gasteiger partial charge in [-0.05, 0) is 59.0 Å². The second-order valence-corrected chi connectivity index (χ2v) is 7.73. The van der Waals surface area contributed by atoms with Gasteiger partial charge in [0.1, 0.15) is 0 Å². The van der Waals surface area contributed by atoms with Gasteiger partial charge in [-0.1, -0.05) is 36.4 Å². The Morgan fingerprint density at radius 3 is 2.30 bits per heavy atom. The van der Waals surface area contributed by atoms with Gasteiger partial charge in [0.05, 0.1) is 27.4 Å². The molecule has 33 heavy (non-hydrogen) atoms. The van der Waals surface area contributed by atoms with Crippen LogP contribution < -0.4 is 14.2 Å². The van der Waals surface area contributed by atoms with Gasteiger partial charge < -0.3 is 19.1 Å². The van der Waals surface area contributed by atoms with Gasteiger partial charge in [0.2, 0.25) is 5.91 Å². The zero-order valence-electron chi connectivity index (χ0n) is 18.9. The number of benzene rings is 3. The fourth-order valence-corrected chi connectivity index (χ4v) is 4.23. The minimum Gasteiger partial charge on any atom is -0.494 e. The normalized spacial score (nSPS) is 15.3. The Hall–Kier alpha value is -3.80. The smallest absolute Gasteiger partial charge is 0.247 e. The molecule has 4 rings (SSSR count). The van der Waals surface area contributed by atoms with Gasteiger partial charge in [0, 0.05) is 12.6 Å². The lowest BCUT2D eigenvalue weighted by atomic mass is 9.87. The Morgan fingerprint density at radius 2 is 1.64 bits per heavy atom. The minimum absolute atomic E-state index is 0.152. The Bertz CT molecular complexity index is 1180. The number of carbonyl (C=O) groups is 1. The second kappa shape index (κ2) is 9.77. The summed E-state index contributed by atoms with van der Waals surface area (Å²) in [7, 11) is 4.63. The van der Waals surface area contributed by atoms with Crippen LogP contribution in [0.4, 0.5) is 4.39 Å². The lowest BCUT2D eigenvalue weighted by molar-refractivity contribution is -0.127. The number of amides is 1. The lowest BCUT2D eigenvalue weighted by Gasteiger charge is -2.37. The molecule has 1 atom stereocenters. The van der Waals surface area contributed by atoms with Crippen LogP contribution in [0.1, 0.15) is 28.3 Å². The standard InChI is InChI=1S/C27H26FNO4/c1-31-23-11-9-18(15-22(23)28)10-12-26(30)29-14-13-20-16-24(32-2)25(33-3)17-21(20)27(29)19-7-5-4-6-8-19/h4-12,15-17,27H,13-14H2,1-3H3/b12-10+. The maximum atomic E-state index is 14.0.